The van der Waals surface area contributed by atoms with Crippen LogP contribution in [-0.2, 0) is 4.74 Å². The van der Waals surface area contributed by atoms with E-state index in [2.05, 4.69) is 10.3 Å². The zero-order valence-electron chi connectivity index (χ0n) is 12.4. The molecule has 1 amide bonds. The lowest BCUT2D eigenvalue weighted by atomic mass is 10.3. The van der Waals surface area contributed by atoms with Crippen LogP contribution in [0.4, 0.5) is 10.8 Å². The Balaban J connectivity index is 2.13. The van der Waals surface area contributed by atoms with Crippen LogP contribution in [0.5, 0.6) is 0 Å². The summed E-state index contributed by atoms with van der Waals surface area (Å²) in [5.74, 6) is -0.102. The Bertz CT molecular complexity index is 598. The molecule has 1 N–H and O–H groups in total. The number of amides is 1. The van der Waals surface area contributed by atoms with E-state index in [9.17, 15) is 4.79 Å². The first kappa shape index (κ1) is 15.5. The zero-order chi connectivity index (χ0) is 15.2. The number of hydrogen-bond donors (Lipinski definition) is 1. The number of rotatable bonds is 6. The molecule has 0 unspecified atom stereocenters. The average Bonchev–Trinajstić information content (AvgIpc) is 2.89. The smallest absolute Gasteiger partial charge is 0.263 e. The summed E-state index contributed by atoms with van der Waals surface area (Å²) < 4.78 is 4.92. The molecule has 0 bridgehead atoms. The molecule has 0 saturated heterocycles. The number of carbonyl (C=O) groups is 1. The highest BCUT2D eigenvalue weighted by Gasteiger charge is 2.17. The van der Waals surface area contributed by atoms with E-state index in [1.54, 1.807) is 7.11 Å². The lowest BCUT2D eigenvalue weighted by molar-refractivity contribution is 0.0940. The topological polar surface area (TPSA) is 54.5 Å². The van der Waals surface area contributed by atoms with Crippen molar-refractivity contribution in [2.75, 3.05) is 32.2 Å². The van der Waals surface area contributed by atoms with Gasteiger partial charge in [-0.3, -0.25) is 4.79 Å². The van der Waals surface area contributed by atoms with Crippen molar-refractivity contribution in [3.63, 3.8) is 0 Å². The predicted octanol–water partition coefficient (Wildman–Crippen LogP) is 2.60. The molecule has 0 spiro atoms. The fraction of sp³-hybridized carbons (Fsp3) is 0.333. The van der Waals surface area contributed by atoms with Gasteiger partial charge in [-0.25, -0.2) is 4.98 Å². The van der Waals surface area contributed by atoms with Crippen molar-refractivity contribution < 1.29 is 9.53 Å². The second-order valence-electron chi connectivity index (χ2n) is 4.55. The van der Waals surface area contributed by atoms with Crippen LogP contribution in [0.25, 0.3) is 0 Å². The lowest BCUT2D eigenvalue weighted by Crippen LogP contribution is -2.26. The lowest BCUT2D eigenvalue weighted by Gasteiger charge is -2.15. The van der Waals surface area contributed by atoms with E-state index < -0.39 is 0 Å². The van der Waals surface area contributed by atoms with E-state index in [1.807, 2.05) is 49.2 Å². The Morgan fingerprint density at radius 2 is 2.10 bits per heavy atom. The summed E-state index contributed by atoms with van der Waals surface area (Å²) in [6, 6.07) is 9.94. The number of aromatic nitrogens is 1. The predicted molar refractivity (Wildman–Crippen MR) is 85.6 cm³/mol. The van der Waals surface area contributed by atoms with Gasteiger partial charge in [-0.05, 0) is 19.1 Å². The van der Waals surface area contributed by atoms with Gasteiger partial charge in [0.2, 0.25) is 0 Å². The third kappa shape index (κ3) is 3.80. The van der Waals surface area contributed by atoms with Crippen molar-refractivity contribution in [1.82, 2.24) is 10.3 Å². The molecule has 0 aliphatic carbocycles. The zero-order valence-corrected chi connectivity index (χ0v) is 13.2. The number of methoxy groups -OCH3 is 1. The summed E-state index contributed by atoms with van der Waals surface area (Å²) in [5.41, 5.74) is 1.78. The molecule has 112 valence electrons. The van der Waals surface area contributed by atoms with E-state index in [4.69, 9.17) is 4.74 Å². The third-order valence-corrected chi connectivity index (χ3v) is 4.25. The highest BCUT2D eigenvalue weighted by atomic mass is 32.1. The third-order valence-electron chi connectivity index (χ3n) is 3.01. The number of nitrogens with zero attached hydrogens (tertiary/aromatic N) is 2. The maximum Gasteiger partial charge on any atom is 0.263 e. The number of benzene rings is 1. The molecule has 5 nitrogen and oxygen atoms in total. The Labute approximate surface area is 128 Å². The second-order valence-corrected chi connectivity index (χ2v) is 5.53. The van der Waals surface area contributed by atoms with Crippen LogP contribution in [0.15, 0.2) is 30.3 Å². The fourth-order valence-electron chi connectivity index (χ4n) is 1.85. The molecular weight excluding hydrogens is 286 g/mol. The summed E-state index contributed by atoms with van der Waals surface area (Å²) in [6.07, 6.45) is 0. The molecule has 1 heterocycles. The van der Waals surface area contributed by atoms with Crippen LogP contribution in [-0.4, -0.2) is 38.2 Å². The van der Waals surface area contributed by atoms with Crippen LogP contribution in [0, 0.1) is 6.92 Å². The van der Waals surface area contributed by atoms with Gasteiger partial charge < -0.3 is 15.0 Å². The Morgan fingerprint density at radius 3 is 2.76 bits per heavy atom. The maximum atomic E-state index is 12.1. The molecule has 0 aliphatic heterocycles. The minimum atomic E-state index is -0.102. The molecule has 0 radical (unpaired) electrons. The van der Waals surface area contributed by atoms with Gasteiger partial charge in [-0.2, -0.15) is 0 Å². The van der Waals surface area contributed by atoms with E-state index in [1.165, 1.54) is 11.3 Å². The summed E-state index contributed by atoms with van der Waals surface area (Å²) in [4.78, 5) is 19.2. The first-order chi connectivity index (χ1) is 10.1. The number of para-hydroxylation sites is 1. The average molecular weight is 305 g/mol. The van der Waals surface area contributed by atoms with Gasteiger partial charge in [0.1, 0.15) is 4.88 Å². The number of nitrogens with one attached hydrogen (secondary N) is 1. The number of anilines is 2. The van der Waals surface area contributed by atoms with Crippen molar-refractivity contribution in [2.24, 2.45) is 0 Å². The normalized spacial score (nSPS) is 10.4. The fourth-order valence-corrected chi connectivity index (χ4v) is 2.81. The molecule has 0 atom stereocenters. The summed E-state index contributed by atoms with van der Waals surface area (Å²) in [5, 5.41) is 3.62. The quantitative estimate of drug-likeness (QED) is 0.834. The molecule has 0 fully saturated rings. The SMILES string of the molecule is COCCNC(=O)c1sc(N(C)c2ccccc2)nc1C. The highest BCUT2D eigenvalue weighted by Crippen LogP contribution is 2.30. The molecule has 21 heavy (non-hydrogen) atoms. The molecule has 6 heteroatoms. The first-order valence-corrected chi connectivity index (χ1v) is 7.48. The van der Waals surface area contributed by atoms with Crippen molar-refractivity contribution in [3.05, 3.63) is 40.9 Å². The van der Waals surface area contributed by atoms with Crippen molar-refractivity contribution >= 4 is 28.1 Å². The first-order valence-electron chi connectivity index (χ1n) is 6.67. The molecule has 0 saturated carbocycles. The Hall–Kier alpha value is -1.92. The Morgan fingerprint density at radius 1 is 1.38 bits per heavy atom. The van der Waals surface area contributed by atoms with Crippen molar-refractivity contribution in [3.8, 4) is 0 Å². The van der Waals surface area contributed by atoms with Crippen LogP contribution in [0.3, 0.4) is 0 Å². The Kier molecular flexibility index (Phi) is 5.30. The minimum absolute atomic E-state index is 0.102. The van der Waals surface area contributed by atoms with E-state index in [-0.39, 0.29) is 5.91 Å². The second kappa shape index (κ2) is 7.19. The van der Waals surface area contributed by atoms with E-state index >= 15 is 0 Å². The van der Waals surface area contributed by atoms with Gasteiger partial charge >= 0.3 is 0 Å². The minimum Gasteiger partial charge on any atom is -0.383 e. The van der Waals surface area contributed by atoms with Crippen LogP contribution >= 0.6 is 11.3 Å². The standard InChI is InChI=1S/C15H19N3O2S/c1-11-13(14(19)16-9-10-20-3)21-15(17-11)18(2)12-7-5-4-6-8-12/h4-8H,9-10H2,1-3H3,(H,16,19). The highest BCUT2D eigenvalue weighted by molar-refractivity contribution is 7.17. The van der Waals surface area contributed by atoms with E-state index in [0.717, 1.165) is 16.5 Å². The van der Waals surface area contributed by atoms with Gasteiger partial charge in [0.25, 0.3) is 5.91 Å². The van der Waals surface area contributed by atoms with Crippen molar-refractivity contribution in [2.45, 2.75) is 6.92 Å². The molecule has 0 aliphatic rings. The largest absolute Gasteiger partial charge is 0.383 e. The van der Waals surface area contributed by atoms with Crippen molar-refractivity contribution in [1.29, 1.82) is 0 Å². The molecule has 2 aromatic rings. The summed E-state index contributed by atoms with van der Waals surface area (Å²) in [7, 11) is 3.55. The van der Waals surface area contributed by atoms with Crippen LogP contribution in [0.2, 0.25) is 0 Å². The molecule has 1 aromatic carbocycles. The van der Waals surface area contributed by atoms with Gasteiger partial charge in [-0.1, -0.05) is 29.5 Å². The molecular formula is C15H19N3O2S. The number of ether oxygens (including phenoxy) is 1. The van der Waals surface area contributed by atoms with E-state index in [0.29, 0.717) is 18.0 Å². The number of thiazole rings is 1. The van der Waals surface area contributed by atoms with Gasteiger partial charge in [-0.15, -0.1) is 0 Å². The monoisotopic (exact) mass is 305 g/mol. The van der Waals surface area contributed by atoms with Crippen LogP contribution in [0.1, 0.15) is 15.4 Å². The van der Waals surface area contributed by atoms with Crippen LogP contribution < -0.4 is 10.2 Å². The number of carbonyl (C=O) groups excluding carboxylic acids is 1. The number of aryl methyl sites for hydroxylation is 1. The molecule has 2 rings (SSSR count). The summed E-state index contributed by atoms with van der Waals surface area (Å²) in [6.45, 7) is 2.85. The van der Waals surface area contributed by atoms with Gasteiger partial charge in [0.15, 0.2) is 5.13 Å². The molecule has 1 aromatic heterocycles. The van der Waals surface area contributed by atoms with Gasteiger partial charge in [0.05, 0.1) is 12.3 Å². The maximum absolute atomic E-state index is 12.1. The summed E-state index contributed by atoms with van der Waals surface area (Å²) >= 11 is 1.39. The number of hydrogen-bond acceptors (Lipinski definition) is 5. The van der Waals surface area contributed by atoms with Gasteiger partial charge in [0, 0.05) is 26.4 Å².